The molecule has 0 fully saturated rings. The molecule has 5 aromatic rings. The molecule has 3 aromatic carbocycles. The van der Waals surface area contributed by atoms with Gasteiger partial charge < -0.3 is 9.14 Å². The highest BCUT2D eigenvalue weighted by molar-refractivity contribution is 6.15. The first-order chi connectivity index (χ1) is 16.0. The molecule has 0 radical (unpaired) electrons. The van der Waals surface area contributed by atoms with Gasteiger partial charge in [-0.1, -0.05) is 48.5 Å². The van der Waals surface area contributed by atoms with E-state index in [9.17, 15) is 19.7 Å². The zero-order chi connectivity index (χ0) is 23.1. The van der Waals surface area contributed by atoms with Gasteiger partial charge in [0.05, 0.1) is 33.8 Å². The number of aromatic nitrogens is 1. The lowest BCUT2D eigenvalue weighted by Gasteiger charge is -2.10. The Kier molecular flexibility index (Phi) is 4.86. The maximum Gasteiger partial charge on any atom is 0.340 e. The van der Waals surface area contributed by atoms with E-state index in [0.29, 0.717) is 11.0 Å². The van der Waals surface area contributed by atoms with Crippen molar-refractivity contribution in [2.75, 3.05) is 6.61 Å². The maximum atomic E-state index is 13.6. The largest absolute Gasteiger partial charge is 0.462 e. The second kappa shape index (κ2) is 7.87. The summed E-state index contributed by atoms with van der Waals surface area (Å²) in [6.45, 7) is 1.89. The lowest BCUT2D eigenvalue weighted by atomic mass is 10.0. The molecule has 0 aliphatic rings. The van der Waals surface area contributed by atoms with Gasteiger partial charge in [0, 0.05) is 11.5 Å². The van der Waals surface area contributed by atoms with Crippen LogP contribution in [0.15, 0.2) is 78.9 Å². The number of nitrogens with zero attached hydrogens (tertiary/aromatic N) is 2. The molecule has 0 amide bonds. The van der Waals surface area contributed by atoms with Gasteiger partial charge in [-0.15, -0.1) is 0 Å². The average molecular weight is 438 g/mol. The van der Waals surface area contributed by atoms with Gasteiger partial charge >= 0.3 is 5.97 Å². The van der Waals surface area contributed by atoms with E-state index in [-0.39, 0.29) is 29.1 Å². The summed E-state index contributed by atoms with van der Waals surface area (Å²) >= 11 is 0. The Morgan fingerprint density at radius 1 is 0.879 bits per heavy atom. The number of ether oxygens (including phenoxy) is 1. The highest BCUT2D eigenvalue weighted by Crippen LogP contribution is 2.31. The molecule has 0 N–H and O–H groups in total. The van der Waals surface area contributed by atoms with Crippen molar-refractivity contribution < 1.29 is 19.2 Å². The quantitative estimate of drug-likeness (QED) is 0.118. The zero-order valence-electron chi connectivity index (χ0n) is 17.6. The lowest BCUT2D eigenvalue weighted by molar-refractivity contribution is -0.385. The number of hydrogen-bond donors (Lipinski definition) is 0. The van der Waals surface area contributed by atoms with Crippen LogP contribution in [-0.2, 0) is 4.74 Å². The van der Waals surface area contributed by atoms with Crippen LogP contribution in [0.3, 0.4) is 0 Å². The Hall–Kier alpha value is -4.52. The summed E-state index contributed by atoms with van der Waals surface area (Å²) < 4.78 is 6.89. The van der Waals surface area contributed by atoms with E-state index < -0.39 is 16.7 Å². The fourth-order valence-electron chi connectivity index (χ4n) is 4.27. The van der Waals surface area contributed by atoms with Gasteiger partial charge in [-0.3, -0.25) is 14.9 Å². The first kappa shape index (κ1) is 20.4. The molecule has 2 heterocycles. The molecule has 0 aliphatic carbocycles. The number of para-hydroxylation sites is 1. The molecule has 0 spiro atoms. The van der Waals surface area contributed by atoms with Gasteiger partial charge in [-0.2, -0.15) is 0 Å². The molecule has 5 rings (SSSR count). The fraction of sp³-hybridized carbons (Fsp3) is 0.0769. The van der Waals surface area contributed by atoms with Crippen molar-refractivity contribution in [3.8, 4) is 0 Å². The van der Waals surface area contributed by atoms with Crippen molar-refractivity contribution in [3.05, 3.63) is 106 Å². The molecule has 0 atom stereocenters. The summed E-state index contributed by atoms with van der Waals surface area (Å²) in [6, 6.07) is 22.6. The highest BCUT2D eigenvalue weighted by atomic mass is 16.6. The third-order valence-corrected chi connectivity index (χ3v) is 5.71. The Bertz CT molecular complexity index is 1600. The van der Waals surface area contributed by atoms with Crippen molar-refractivity contribution in [1.29, 1.82) is 0 Å². The van der Waals surface area contributed by atoms with Crippen LogP contribution in [0.1, 0.15) is 33.3 Å². The van der Waals surface area contributed by atoms with Gasteiger partial charge in [0.25, 0.3) is 5.69 Å². The van der Waals surface area contributed by atoms with Gasteiger partial charge in [-0.25, -0.2) is 4.79 Å². The second-order valence-corrected chi connectivity index (χ2v) is 7.54. The van der Waals surface area contributed by atoms with Gasteiger partial charge in [0.1, 0.15) is 5.56 Å². The van der Waals surface area contributed by atoms with Crippen LogP contribution < -0.4 is 0 Å². The van der Waals surface area contributed by atoms with Gasteiger partial charge in [0.2, 0.25) is 5.78 Å². The Balaban J connectivity index is 1.87. The summed E-state index contributed by atoms with van der Waals surface area (Å²) in [5.41, 5.74) is 1.26. The van der Waals surface area contributed by atoms with Crippen LogP contribution in [0.5, 0.6) is 0 Å². The molecule has 33 heavy (non-hydrogen) atoms. The minimum Gasteiger partial charge on any atom is -0.462 e. The number of carbonyl (C=O) groups is 2. The smallest absolute Gasteiger partial charge is 0.340 e. The second-order valence-electron chi connectivity index (χ2n) is 7.54. The van der Waals surface area contributed by atoms with E-state index in [1.807, 2.05) is 42.5 Å². The first-order valence-corrected chi connectivity index (χ1v) is 10.4. The van der Waals surface area contributed by atoms with E-state index >= 15 is 0 Å². The summed E-state index contributed by atoms with van der Waals surface area (Å²) in [4.78, 5) is 37.3. The van der Waals surface area contributed by atoms with Crippen molar-refractivity contribution >= 4 is 44.6 Å². The normalized spacial score (nSPS) is 11.2. The molecule has 7 heteroatoms. The highest BCUT2D eigenvalue weighted by Gasteiger charge is 2.27. The standard InChI is InChI=1S/C26H18N2O5/c1-2-33-26(30)20-15-24(25(29)19-9-5-6-10-23(19)28(31)32)27-21-13-11-16-7-3-4-8-17(16)18(21)12-14-22(20)27/h3-15H,2H2,1H3. The summed E-state index contributed by atoms with van der Waals surface area (Å²) in [5, 5.41) is 14.5. The van der Waals surface area contributed by atoms with E-state index in [1.54, 1.807) is 23.5 Å². The van der Waals surface area contributed by atoms with Crippen LogP contribution in [0.2, 0.25) is 0 Å². The van der Waals surface area contributed by atoms with Crippen molar-refractivity contribution in [2.24, 2.45) is 0 Å². The molecule has 0 bridgehead atoms. The summed E-state index contributed by atoms with van der Waals surface area (Å²) in [6.07, 6.45) is 0. The number of fused-ring (bicyclic) bond motifs is 5. The predicted molar refractivity (Wildman–Crippen MR) is 125 cm³/mol. The number of nitro benzene ring substituents is 1. The summed E-state index contributed by atoms with van der Waals surface area (Å²) in [7, 11) is 0. The minimum absolute atomic E-state index is 0.0462. The SMILES string of the molecule is CCOC(=O)c1cc(C(=O)c2ccccc2[N+](=O)[O-])n2c1ccc1c3ccccc3ccc12. The van der Waals surface area contributed by atoms with E-state index in [2.05, 4.69) is 0 Å². The molecule has 2 aromatic heterocycles. The molecule has 7 nitrogen and oxygen atoms in total. The fourth-order valence-corrected chi connectivity index (χ4v) is 4.27. The number of benzene rings is 3. The number of esters is 1. The van der Waals surface area contributed by atoms with Crippen LogP contribution in [0.25, 0.3) is 27.2 Å². The van der Waals surface area contributed by atoms with Crippen LogP contribution in [-0.4, -0.2) is 27.7 Å². The van der Waals surface area contributed by atoms with Crippen LogP contribution >= 0.6 is 0 Å². The number of pyridine rings is 1. The zero-order valence-corrected chi connectivity index (χ0v) is 17.6. The third kappa shape index (κ3) is 3.22. The molecular weight excluding hydrogens is 420 g/mol. The topological polar surface area (TPSA) is 90.9 Å². The number of hydrogen-bond acceptors (Lipinski definition) is 5. The number of ketones is 1. The predicted octanol–water partition coefficient (Wildman–Crippen LogP) is 5.56. The van der Waals surface area contributed by atoms with Gasteiger partial charge in [-0.05, 0) is 42.0 Å². The van der Waals surface area contributed by atoms with Crippen LogP contribution in [0, 0.1) is 10.1 Å². The monoisotopic (exact) mass is 438 g/mol. The van der Waals surface area contributed by atoms with Crippen LogP contribution in [0.4, 0.5) is 5.69 Å². The molecule has 0 saturated carbocycles. The van der Waals surface area contributed by atoms with E-state index in [4.69, 9.17) is 4.74 Å². The average Bonchev–Trinajstić information content (AvgIpc) is 3.23. The third-order valence-electron chi connectivity index (χ3n) is 5.71. The number of carbonyl (C=O) groups excluding carboxylic acids is 2. The van der Waals surface area contributed by atoms with Crippen molar-refractivity contribution in [1.82, 2.24) is 4.40 Å². The Labute approximate surface area is 188 Å². The molecule has 0 aliphatic heterocycles. The molecule has 0 saturated heterocycles. The number of rotatable bonds is 5. The van der Waals surface area contributed by atoms with E-state index in [1.165, 1.54) is 24.3 Å². The first-order valence-electron chi connectivity index (χ1n) is 10.4. The molecule has 162 valence electrons. The Morgan fingerprint density at radius 2 is 1.61 bits per heavy atom. The van der Waals surface area contributed by atoms with Gasteiger partial charge in [0.15, 0.2) is 0 Å². The number of nitro groups is 1. The maximum absolute atomic E-state index is 13.6. The van der Waals surface area contributed by atoms with Crippen molar-refractivity contribution in [3.63, 3.8) is 0 Å². The molecular formula is C26H18N2O5. The minimum atomic E-state index is -0.582. The summed E-state index contributed by atoms with van der Waals surface area (Å²) in [5.74, 6) is -1.11. The Morgan fingerprint density at radius 3 is 2.39 bits per heavy atom. The van der Waals surface area contributed by atoms with E-state index in [0.717, 1.165) is 16.2 Å². The van der Waals surface area contributed by atoms with Crippen molar-refractivity contribution in [2.45, 2.75) is 6.92 Å². The molecule has 0 unspecified atom stereocenters. The lowest BCUT2D eigenvalue weighted by Crippen LogP contribution is -2.08.